The minimum Gasteiger partial charge on any atom is -0.453 e. The summed E-state index contributed by atoms with van der Waals surface area (Å²) < 4.78 is 14.1. The normalized spacial score (nSPS) is 15.2. The van der Waals surface area contributed by atoms with Crippen LogP contribution in [0.25, 0.3) is 0 Å². The Labute approximate surface area is 310 Å². The van der Waals surface area contributed by atoms with Gasteiger partial charge < -0.3 is 19.3 Å². The van der Waals surface area contributed by atoms with Crippen molar-refractivity contribution >= 4 is 57.2 Å². The Kier molecular flexibility index (Phi) is 6.56. The molecule has 4 aliphatic rings. The maximum Gasteiger partial charge on any atom is 0.252 e. The molecule has 0 unspecified atom stereocenters. The smallest absolute Gasteiger partial charge is 0.252 e. The number of ether oxygens (including phenoxy) is 2. The van der Waals surface area contributed by atoms with Crippen molar-refractivity contribution in [2.24, 2.45) is 0 Å². The monoisotopic (exact) mass is 686 g/mol. The zero-order valence-electron chi connectivity index (χ0n) is 33.2. The third kappa shape index (κ3) is 4.73. The van der Waals surface area contributed by atoms with Crippen molar-refractivity contribution < 1.29 is 9.47 Å². The van der Waals surface area contributed by atoms with Crippen LogP contribution in [0.4, 0.5) is 34.1 Å². The molecule has 0 aliphatic carbocycles. The van der Waals surface area contributed by atoms with Gasteiger partial charge in [-0.1, -0.05) is 107 Å². The third-order valence-electron chi connectivity index (χ3n) is 11.6. The van der Waals surface area contributed by atoms with E-state index in [1.807, 2.05) is 0 Å². The van der Waals surface area contributed by atoms with Gasteiger partial charge in [-0.05, 0) is 121 Å². The number of fused-ring (bicyclic) bond motifs is 8. The number of benzene rings is 5. The lowest BCUT2D eigenvalue weighted by Gasteiger charge is -2.48. The second kappa shape index (κ2) is 10.3. The van der Waals surface area contributed by atoms with Gasteiger partial charge in [-0.25, -0.2) is 0 Å². The van der Waals surface area contributed by atoms with Crippen molar-refractivity contribution in [1.82, 2.24) is 0 Å². The summed E-state index contributed by atoms with van der Waals surface area (Å²) in [5, 5.41) is 0. The first-order chi connectivity index (χ1) is 24.2. The van der Waals surface area contributed by atoms with Crippen LogP contribution in [0.15, 0.2) is 72.8 Å². The number of rotatable bonds is 0. The van der Waals surface area contributed by atoms with Gasteiger partial charge in [0.25, 0.3) is 6.71 Å². The Morgan fingerprint density at radius 2 is 0.788 bits per heavy atom. The topological polar surface area (TPSA) is 24.9 Å². The van der Waals surface area contributed by atoms with Gasteiger partial charge in [-0.2, -0.15) is 0 Å². The molecule has 0 saturated carbocycles. The van der Waals surface area contributed by atoms with E-state index < -0.39 is 0 Å². The summed E-state index contributed by atoms with van der Waals surface area (Å²) in [6.45, 7) is 29.7. The van der Waals surface area contributed by atoms with Crippen molar-refractivity contribution in [3.05, 3.63) is 101 Å². The predicted molar refractivity (Wildman–Crippen MR) is 220 cm³/mol. The first kappa shape index (κ1) is 33.2. The molecule has 9 rings (SSSR count). The van der Waals surface area contributed by atoms with E-state index in [4.69, 9.17) is 9.47 Å². The molecule has 264 valence electrons. The standard InChI is InChI=1S/C47H51BN2O2/c1-26-18-35-41-36(19-26)50-34-17-15-28(45(5,6)7)23-38(34)52-40-25-30(47(11,12)13)21-32(43(40)50)48(41)31-20-29(46(8,9)10)24-39-42(31)49(35)33-16-14-27(44(2,3)4)22-37(33)51-39/h14-25H,1-13H3. The van der Waals surface area contributed by atoms with Gasteiger partial charge in [0.05, 0.1) is 22.7 Å². The molecule has 0 fully saturated rings. The zero-order chi connectivity index (χ0) is 37.0. The van der Waals surface area contributed by atoms with Crippen molar-refractivity contribution in [2.45, 2.75) is 112 Å². The number of hydrogen-bond donors (Lipinski definition) is 0. The molecule has 5 aromatic rings. The van der Waals surface area contributed by atoms with Crippen LogP contribution in [-0.2, 0) is 21.7 Å². The summed E-state index contributed by atoms with van der Waals surface area (Å²) >= 11 is 0. The van der Waals surface area contributed by atoms with Crippen molar-refractivity contribution in [3.8, 4) is 23.0 Å². The molecule has 0 radical (unpaired) electrons. The second-order valence-corrected chi connectivity index (χ2v) is 19.7. The SMILES string of the molecule is Cc1cc2c3c(c1)N1c4ccc(C(C)(C)C)cc4Oc4cc(C(C)(C)C)cc(c41)B3c1cc(C(C)(C)C)cc3c1N2c1ccc(C(C)(C)C)cc1O3. The fourth-order valence-electron chi connectivity index (χ4n) is 8.58. The van der Waals surface area contributed by atoms with Crippen molar-refractivity contribution in [2.75, 3.05) is 9.80 Å². The molecule has 5 aromatic carbocycles. The fourth-order valence-corrected chi connectivity index (χ4v) is 8.58. The maximum atomic E-state index is 7.03. The first-order valence-electron chi connectivity index (χ1n) is 19.0. The highest BCUT2D eigenvalue weighted by atomic mass is 16.5. The third-order valence-corrected chi connectivity index (χ3v) is 11.6. The van der Waals surface area contributed by atoms with Crippen molar-refractivity contribution in [3.63, 3.8) is 0 Å². The lowest BCUT2D eigenvalue weighted by atomic mass is 9.33. The molecular formula is C47H51BN2O2. The Morgan fingerprint density at radius 3 is 1.15 bits per heavy atom. The Hall–Kier alpha value is -4.64. The molecule has 4 nitrogen and oxygen atoms in total. The molecule has 0 atom stereocenters. The van der Waals surface area contributed by atoms with E-state index in [0.717, 1.165) is 45.7 Å². The van der Waals surface area contributed by atoms with Crippen LogP contribution < -0.4 is 35.7 Å². The molecule has 0 spiro atoms. The van der Waals surface area contributed by atoms with E-state index in [9.17, 15) is 0 Å². The van der Waals surface area contributed by atoms with Crippen LogP contribution in [0, 0.1) is 6.92 Å². The molecule has 0 aromatic heterocycles. The van der Waals surface area contributed by atoms with Gasteiger partial charge >= 0.3 is 0 Å². The molecule has 4 heterocycles. The average Bonchev–Trinajstić information content (AvgIpc) is 3.04. The number of nitrogens with zero attached hydrogens (tertiary/aromatic N) is 2. The van der Waals surface area contributed by atoms with Gasteiger partial charge in [0.15, 0.2) is 23.0 Å². The molecule has 52 heavy (non-hydrogen) atoms. The summed E-state index contributed by atoms with van der Waals surface area (Å²) in [6.07, 6.45) is 0. The van der Waals surface area contributed by atoms with Crippen LogP contribution in [0.3, 0.4) is 0 Å². The molecule has 4 aliphatic heterocycles. The predicted octanol–water partition coefficient (Wildman–Crippen LogP) is 11.5. The van der Waals surface area contributed by atoms with Crippen LogP contribution in [0.2, 0.25) is 0 Å². The number of anilines is 6. The van der Waals surface area contributed by atoms with Crippen molar-refractivity contribution in [1.29, 1.82) is 0 Å². The van der Waals surface area contributed by atoms with Gasteiger partial charge in [-0.15, -0.1) is 0 Å². The highest BCUT2D eigenvalue weighted by molar-refractivity contribution is 7.00. The summed E-state index contributed by atoms with van der Waals surface area (Å²) in [5.74, 6) is 3.67. The number of hydrogen-bond acceptors (Lipinski definition) is 4. The van der Waals surface area contributed by atoms with E-state index >= 15 is 0 Å². The highest BCUT2D eigenvalue weighted by Gasteiger charge is 2.49. The first-order valence-corrected chi connectivity index (χ1v) is 19.0. The van der Waals surface area contributed by atoms with E-state index in [0.29, 0.717) is 0 Å². The quantitative estimate of drug-likeness (QED) is 0.148. The van der Waals surface area contributed by atoms with Crippen LogP contribution >= 0.6 is 0 Å². The molecule has 0 amide bonds. The number of aryl methyl sites for hydroxylation is 1. The summed E-state index contributed by atoms with van der Waals surface area (Å²) in [6, 6.07) is 28.0. The highest BCUT2D eigenvalue weighted by Crippen LogP contribution is 2.57. The minimum absolute atomic E-state index is 0.00463. The largest absolute Gasteiger partial charge is 0.453 e. The zero-order valence-corrected chi connectivity index (χ0v) is 33.2. The summed E-state index contributed by atoms with van der Waals surface area (Å²) in [4.78, 5) is 5.02. The molecule has 0 saturated heterocycles. The maximum absolute atomic E-state index is 7.03. The second-order valence-electron chi connectivity index (χ2n) is 19.7. The summed E-state index contributed by atoms with van der Waals surface area (Å²) in [5.41, 5.74) is 16.9. The van der Waals surface area contributed by atoms with Gasteiger partial charge in [-0.3, -0.25) is 0 Å². The molecule has 5 heteroatoms. The van der Waals surface area contributed by atoms with Gasteiger partial charge in [0, 0.05) is 11.4 Å². The van der Waals surface area contributed by atoms with Crippen LogP contribution in [0.5, 0.6) is 23.0 Å². The molecule has 0 bridgehead atoms. The van der Waals surface area contributed by atoms with Gasteiger partial charge in [0.2, 0.25) is 0 Å². The van der Waals surface area contributed by atoms with Crippen LogP contribution in [-0.4, -0.2) is 6.71 Å². The van der Waals surface area contributed by atoms with Gasteiger partial charge in [0.1, 0.15) is 0 Å². The van der Waals surface area contributed by atoms with E-state index in [1.54, 1.807) is 0 Å². The fraction of sp³-hybridized carbons (Fsp3) is 0.362. The average molecular weight is 687 g/mol. The van der Waals surface area contributed by atoms with E-state index in [1.165, 1.54) is 55.6 Å². The van der Waals surface area contributed by atoms with Crippen LogP contribution in [0.1, 0.15) is 111 Å². The van der Waals surface area contributed by atoms with E-state index in [2.05, 4.69) is 173 Å². The Balaban J connectivity index is 1.41. The molecular weight excluding hydrogens is 635 g/mol. The molecule has 0 N–H and O–H groups in total. The van der Waals surface area contributed by atoms with E-state index in [-0.39, 0.29) is 28.4 Å². The lowest BCUT2D eigenvalue weighted by Crippen LogP contribution is -2.62. The summed E-state index contributed by atoms with van der Waals surface area (Å²) in [7, 11) is 0. The minimum atomic E-state index is -0.0795. The Bertz CT molecular complexity index is 2220. The Morgan fingerprint density at radius 1 is 0.423 bits per heavy atom. The lowest BCUT2D eigenvalue weighted by molar-refractivity contribution is 0.469.